The number of nitriles is 1. The van der Waals surface area contributed by atoms with Crippen molar-refractivity contribution in [3.63, 3.8) is 0 Å². The van der Waals surface area contributed by atoms with Gasteiger partial charge in [-0.1, -0.05) is 12.1 Å². The zero-order valence-corrected chi connectivity index (χ0v) is 12.6. The molecule has 0 aromatic heterocycles. The van der Waals surface area contributed by atoms with Crippen LogP contribution in [0.3, 0.4) is 0 Å². The van der Waals surface area contributed by atoms with Gasteiger partial charge in [-0.15, -0.1) is 0 Å². The summed E-state index contributed by atoms with van der Waals surface area (Å²) in [5.41, 5.74) is 2.30. The molecular formula is C16H20BNO2. The van der Waals surface area contributed by atoms with E-state index in [1.54, 1.807) is 0 Å². The smallest absolute Gasteiger partial charge is 0.399 e. The van der Waals surface area contributed by atoms with E-state index in [9.17, 15) is 5.26 Å². The first-order valence-corrected chi connectivity index (χ1v) is 7.24. The fourth-order valence-electron chi connectivity index (χ4n) is 2.54. The van der Waals surface area contributed by atoms with Crippen molar-refractivity contribution < 1.29 is 9.31 Å². The number of benzene rings is 1. The molecule has 0 unspecified atom stereocenters. The van der Waals surface area contributed by atoms with Gasteiger partial charge in [-0.2, -0.15) is 5.26 Å². The van der Waals surface area contributed by atoms with E-state index in [0.29, 0.717) is 5.92 Å². The zero-order chi connectivity index (χ0) is 14.5. The van der Waals surface area contributed by atoms with Crippen LogP contribution in [0.1, 0.15) is 57.6 Å². The minimum absolute atomic E-state index is 0.328. The summed E-state index contributed by atoms with van der Waals surface area (Å²) in [5.74, 6) is 0.548. The first-order chi connectivity index (χ1) is 9.34. The van der Waals surface area contributed by atoms with Gasteiger partial charge < -0.3 is 9.31 Å². The molecule has 3 rings (SSSR count). The Kier molecular flexibility index (Phi) is 2.97. The molecule has 104 valence electrons. The molecule has 0 bridgehead atoms. The largest absolute Gasteiger partial charge is 0.494 e. The molecule has 2 aliphatic rings. The molecule has 0 radical (unpaired) electrons. The summed E-state index contributed by atoms with van der Waals surface area (Å²) in [4.78, 5) is 0. The monoisotopic (exact) mass is 269 g/mol. The predicted molar refractivity (Wildman–Crippen MR) is 78.8 cm³/mol. The lowest BCUT2D eigenvalue weighted by Crippen LogP contribution is -2.41. The quantitative estimate of drug-likeness (QED) is 0.775. The van der Waals surface area contributed by atoms with Gasteiger partial charge in [0.1, 0.15) is 0 Å². The van der Waals surface area contributed by atoms with Crippen LogP contribution in [0.2, 0.25) is 0 Å². The Labute approximate surface area is 121 Å². The van der Waals surface area contributed by atoms with Gasteiger partial charge >= 0.3 is 7.12 Å². The molecule has 1 saturated heterocycles. The highest BCUT2D eigenvalue weighted by Crippen LogP contribution is 2.42. The molecule has 1 aromatic rings. The van der Waals surface area contributed by atoms with Crippen molar-refractivity contribution >= 4 is 12.6 Å². The molecule has 1 aliphatic carbocycles. The van der Waals surface area contributed by atoms with Gasteiger partial charge in [-0.3, -0.25) is 0 Å². The van der Waals surface area contributed by atoms with Crippen LogP contribution in [0.15, 0.2) is 18.2 Å². The first-order valence-electron chi connectivity index (χ1n) is 7.24. The third-order valence-corrected chi connectivity index (χ3v) is 4.74. The van der Waals surface area contributed by atoms with E-state index in [2.05, 4.69) is 39.8 Å². The van der Waals surface area contributed by atoms with Crippen LogP contribution in [0.25, 0.3) is 0 Å². The minimum atomic E-state index is -0.342. The van der Waals surface area contributed by atoms with E-state index in [0.717, 1.165) is 16.6 Å². The molecule has 1 heterocycles. The molecule has 20 heavy (non-hydrogen) atoms. The van der Waals surface area contributed by atoms with Gasteiger partial charge in [0.15, 0.2) is 0 Å². The summed E-state index contributed by atoms with van der Waals surface area (Å²) in [7, 11) is -0.342. The summed E-state index contributed by atoms with van der Waals surface area (Å²) in [6, 6.07) is 8.23. The van der Waals surface area contributed by atoms with Crippen molar-refractivity contribution in [3.05, 3.63) is 29.3 Å². The van der Waals surface area contributed by atoms with Crippen molar-refractivity contribution in [2.75, 3.05) is 0 Å². The highest BCUT2D eigenvalue weighted by molar-refractivity contribution is 6.62. The molecule has 1 aliphatic heterocycles. The first kappa shape index (κ1) is 13.7. The SMILES string of the molecule is CC1(C)OB(c2ccc(C#N)c(C3CC3)c2)OC1(C)C. The molecule has 0 amide bonds. The van der Waals surface area contributed by atoms with Crippen LogP contribution < -0.4 is 5.46 Å². The standard InChI is InChI=1S/C16H20BNO2/c1-15(2)16(3,4)20-17(19-15)13-8-7-12(10-18)14(9-13)11-5-6-11/h7-9,11H,5-6H2,1-4H3. The summed E-state index contributed by atoms with van der Waals surface area (Å²) < 4.78 is 12.1. The molecular weight excluding hydrogens is 249 g/mol. The van der Waals surface area contributed by atoms with Crippen LogP contribution in [-0.4, -0.2) is 18.3 Å². The van der Waals surface area contributed by atoms with Crippen molar-refractivity contribution in [1.29, 1.82) is 5.26 Å². The molecule has 2 fully saturated rings. The summed E-state index contributed by atoms with van der Waals surface area (Å²) in [6.45, 7) is 8.22. The molecule has 1 aromatic carbocycles. The highest BCUT2D eigenvalue weighted by Gasteiger charge is 2.51. The van der Waals surface area contributed by atoms with E-state index in [4.69, 9.17) is 9.31 Å². The predicted octanol–water partition coefficient (Wildman–Crippen LogP) is 2.73. The van der Waals surface area contributed by atoms with Gasteiger partial charge in [0.2, 0.25) is 0 Å². The lowest BCUT2D eigenvalue weighted by atomic mass is 9.77. The van der Waals surface area contributed by atoms with Crippen molar-refractivity contribution in [1.82, 2.24) is 0 Å². The second-order valence-corrected chi connectivity index (χ2v) is 6.82. The molecule has 4 heteroatoms. The average molecular weight is 269 g/mol. The summed E-state index contributed by atoms with van der Waals surface area (Å²) in [5, 5.41) is 9.20. The summed E-state index contributed by atoms with van der Waals surface area (Å²) in [6.07, 6.45) is 2.36. The van der Waals surface area contributed by atoms with E-state index < -0.39 is 0 Å². The Bertz CT molecular complexity index is 569. The normalized spacial score (nSPS) is 23.6. The maximum absolute atomic E-state index is 9.20. The van der Waals surface area contributed by atoms with Gasteiger partial charge in [-0.25, -0.2) is 0 Å². The maximum Gasteiger partial charge on any atom is 0.494 e. The van der Waals surface area contributed by atoms with Gasteiger partial charge in [-0.05, 0) is 63.5 Å². The lowest BCUT2D eigenvalue weighted by molar-refractivity contribution is 0.00578. The number of hydrogen-bond acceptors (Lipinski definition) is 3. The molecule has 0 N–H and O–H groups in total. The van der Waals surface area contributed by atoms with Crippen LogP contribution in [0.4, 0.5) is 0 Å². The zero-order valence-electron chi connectivity index (χ0n) is 12.6. The fraction of sp³-hybridized carbons (Fsp3) is 0.562. The molecule has 0 spiro atoms. The Hall–Kier alpha value is -1.31. The van der Waals surface area contributed by atoms with Crippen LogP contribution >= 0.6 is 0 Å². The van der Waals surface area contributed by atoms with Gasteiger partial charge in [0, 0.05) is 0 Å². The number of hydrogen-bond donors (Lipinski definition) is 0. The number of nitrogens with zero attached hydrogens (tertiary/aromatic N) is 1. The number of rotatable bonds is 2. The Balaban J connectivity index is 1.93. The minimum Gasteiger partial charge on any atom is -0.399 e. The molecule has 0 atom stereocenters. The average Bonchev–Trinajstić information content (AvgIpc) is 3.17. The van der Waals surface area contributed by atoms with Crippen molar-refractivity contribution in [3.8, 4) is 6.07 Å². The van der Waals surface area contributed by atoms with Crippen LogP contribution in [0.5, 0.6) is 0 Å². The lowest BCUT2D eigenvalue weighted by Gasteiger charge is -2.32. The van der Waals surface area contributed by atoms with Crippen molar-refractivity contribution in [2.24, 2.45) is 0 Å². The van der Waals surface area contributed by atoms with E-state index in [1.807, 2.05) is 12.1 Å². The fourth-order valence-corrected chi connectivity index (χ4v) is 2.54. The Morgan fingerprint density at radius 1 is 1.15 bits per heavy atom. The third kappa shape index (κ3) is 2.15. The van der Waals surface area contributed by atoms with Gasteiger partial charge in [0.05, 0.1) is 22.8 Å². The third-order valence-electron chi connectivity index (χ3n) is 4.74. The maximum atomic E-state index is 9.20. The summed E-state index contributed by atoms with van der Waals surface area (Å²) >= 11 is 0. The second kappa shape index (κ2) is 4.34. The van der Waals surface area contributed by atoms with E-state index in [1.165, 1.54) is 12.8 Å². The van der Waals surface area contributed by atoms with E-state index in [-0.39, 0.29) is 18.3 Å². The van der Waals surface area contributed by atoms with Gasteiger partial charge in [0.25, 0.3) is 0 Å². The molecule has 1 saturated carbocycles. The van der Waals surface area contributed by atoms with Crippen LogP contribution in [-0.2, 0) is 9.31 Å². The highest BCUT2D eigenvalue weighted by atomic mass is 16.7. The van der Waals surface area contributed by atoms with Crippen LogP contribution in [0, 0.1) is 11.3 Å². The van der Waals surface area contributed by atoms with E-state index >= 15 is 0 Å². The topological polar surface area (TPSA) is 42.2 Å². The second-order valence-electron chi connectivity index (χ2n) is 6.82. The Morgan fingerprint density at radius 3 is 2.25 bits per heavy atom. The van der Waals surface area contributed by atoms with Crippen molar-refractivity contribution in [2.45, 2.75) is 57.7 Å². The molecule has 3 nitrogen and oxygen atoms in total. The Morgan fingerprint density at radius 2 is 1.75 bits per heavy atom.